The monoisotopic (exact) mass is 534 g/mol. The van der Waals surface area contributed by atoms with Crippen molar-refractivity contribution in [2.45, 2.75) is 90.1 Å². The Morgan fingerprint density at radius 1 is 1.10 bits per heavy atom. The smallest absolute Gasteiger partial charge is 0.411 e. The minimum absolute atomic E-state index is 0.325. The standard InChI is InChI=1S/C32H42N2O5/c1-19(2)39-30(37)34-27(21-10-8-7-9-11-21)26(25(31(3,4)5)28(34)29(35)36)33-18-22-14-23(12-13-24(22)38-6)32-15-20(16-32)17-32/h7-14,19-20,25-28,33H,15-18H2,1-6H3,(H,35,36)/t20?,25-,26-,27-,28-,32?/m0/s1. The fraction of sp³-hybridized carbons (Fsp3) is 0.562. The average molecular weight is 535 g/mol. The van der Waals surface area contributed by atoms with Crippen LogP contribution in [0.3, 0.4) is 0 Å². The summed E-state index contributed by atoms with van der Waals surface area (Å²) in [7, 11) is 1.68. The summed E-state index contributed by atoms with van der Waals surface area (Å²) in [6.07, 6.45) is 2.83. The number of aliphatic carboxylic acids is 1. The number of hydrogen-bond donors (Lipinski definition) is 2. The van der Waals surface area contributed by atoms with Gasteiger partial charge in [0.05, 0.1) is 19.3 Å². The zero-order valence-electron chi connectivity index (χ0n) is 23.9. The molecular weight excluding hydrogens is 492 g/mol. The molecule has 1 heterocycles. The molecule has 1 saturated heterocycles. The van der Waals surface area contributed by atoms with Crippen LogP contribution >= 0.6 is 0 Å². The van der Waals surface area contributed by atoms with Gasteiger partial charge in [-0.3, -0.25) is 4.90 Å². The molecule has 0 aromatic heterocycles. The maximum absolute atomic E-state index is 13.5. The molecule has 4 fully saturated rings. The molecule has 0 radical (unpaired) electrons. The normalized spacial score (nSPS) is 29.5. The van der Waals surface area contributed by atoms with Gasteiger partial charge in [-0.1, -0.05) is 63.2 Å². The highest BCUT2D eigenvalue weighted by Crippen LogP contribution is 2.65. The lowest BCUT2D eigenvalue weighted by molar-refractivity contribution is -0.144. The SMILES string of the molecule is COc1ccc(C23CC(C2)C3)cc1CN[C@H]1[C@H](C(C)(C)C)[C@@H](C(=O)O)N(C(=O)OC(C)C)[C@H]1c1ccccc1. The van der Waals surface area contributed by atoms with Crippen molar-refractivity contribution in [2.24, 2.45) is 17.3 Å². The molecule has 6 rings (SSSR count). The van der Waals surface area contributed by atoms with E-state index in [1.807, 2.05) is 51.1 Å². The van der Waals surface area contributed by atoms with E-state index in [1.165, 1.54) is 29.7 Å². The minimum Gasteiger partial charge on any atom is -0.496 e. The quantitative estimate of drug-likeness (QED) is 0.437. The molecule has 4 atom stereocenters. The molecule has 2 aromatic rings. The lowest BCUT2D eigenvalue weighted by Gasteiger charge is -2.62. The van der Waals surface area contributed by atoms with Gasteiger partial charge in [0.2, 0.25) is 0 Å². The minimum atomic E-state index is -1.05. The molecule has 4 aliphatic rings. The highest BCUT2D eigenvalue weighted by molar-refractivity contribution is 5.82. The predicted molar refractivity (Wildman–Crippen MR) is 150 cm³/mol. The van der Waals surface area contributed by atoms with E-state index in [4.69, 9.17) is 9.47 Å². The Hall–Kier alpha value is -3.06. The van der Waals surface area contributed by atoms with Crippen LogP contribution in [0.25, 0.3) is 0 Å². The molecule has 2 bridgehead atoms. The first-order chi connectivity index (χ1) is 18.4. The van der Waals surface area contributed by atoms with Crippen molar-refractivity contribution in [2.75, 3.05) is 7.11 Å². The van der Waals surface area contributed by atoms with Crippen LogP contribution in [0.5, 0.6) is 5.75 Å². The number of hydrogen-bond acceptors (Lipinski definition) is 5. The van der Waals surface area contributed by atoms with Crippen molar-refractivity contribution in [3.05, 3.63) is 65.2 Å². The average Bonchev–Trinajstić information content (AvgIpc) is 3.17. The van der Waals surface area contributed by atoms with Crippen LogP contribution in [-0.4, -0.2) is 47.4 Å². The van der Waals surface area contributed by atoms with Gasteiger partial charge in [0.15, 0.2) is 0 Å². The highest BCUT2D eigenvalue weighted by atomic mass is 16.6. The topological polar surface area (TPSA) is 88.1 Å². The van der Waals surface area contributed by atoms with Crippen molar-refractivity contribution in [1.82, 2.24) is 10.2 Å². The summed E-state index contributed by atoms with van der Waals surface area (Å²) in [5, 5.41) is 14.3. The third kappa shape index (κ3) is 4.90. The van der Waals surface area contributed by atoms with Crippen molar-refractivity contribution in [3.63, 3.8) is 0 Å². The summed E-state index contributed by atoms with van der Waals surface area (Å²) in [6.45, 7) is 10.2. The van der Waals surface area contributed by atoms with Gasteiger partial charge in [0, 0.05) is 24.1 Å². The van der Waals surface area contributed by atoms with Gasteiger partial charge in [-0.25, -0.2) is 9.59 Å². The molecule has 7 nitrogen and oxygen atoms in total. The number of rotatable bonds is 8. The van der Waals surface area contributed by atoms with Crippen molar-refractivity contribution >= 4 is 12.1 Å². The van der Waals surface area contributed by atoms with Crippen LogP contribution in [0.4, 0.5) is 4.79 Å². The Kier molecular flexibility index (Phi) is 7.17. The lowest BCUT2D eigenvalue weighted by Crippen LogP contribution is -2.55. The number of methoxy groups -OCH3 is 1. The largest absolute Gasteiger partial charge is 0.496 e. The first-order valence-electron chi connectivity index (χ1n) is 14.1. The lowest BCUT2D eigenvalue weighted by atomic mass is 9.42. The molecule has 2 aromatic carbocycles. The van der Waals surface area contributed by atoms with E-state index in [-0.39, 0.29) is 18.1 Å². The van der Waals surface area contributed by atoms with E-state index < -0.39 is 29.6 Å². The number of nitrogens with zero attached hydrogens (tertiary/aromatic N) is 1. The zero-order valence-corrected chi connectivity index (χ0v) is 23.9. The first kappa shape index (κ1) is 27.5. The molecule has 1 amide bonds. The Morgan fingerprint density at radius 2 is 1.77 bits per heavy atom. The van der Waals surface area contributed by atoms with Crippen LogP contribution in [0, 0.1) is 17.3 Å². The van der Waals surface area contributed by atoms with Gasteiger partial charge in [0.25, 0.3) is 0 Å². The summed E-state index contributed by atoms with van der Waals surface area (Å²) in [4.78, 5) is 27.9. The van der Waals surface area contributed by atoms with Gasteiger partial charge in [0.1, 0.15) is 11.8 Å². The molecule has 3 saturated carbocycles. The molecule has 2 N–H and O–H groups in total. The second-order valence-electron chi connectivity index (χ2n) is 13.1. The molecule has 210 valence electrons. The Morgan fingerprint density at radius 3 is 2.28 bits per heavy atom. The second-order valence-corrected chi connectivity index (χ2v) is 13.1. The summed E-state index contributed by atoms with van der Waals surface area (Å²) < 4.78 is 11.4. The number of carbonyl (C=O) groups excluding carboxylic acids is 1. The van der Waals surface area contributed by atoms with Crippen molar-refractivity contribution < 1.29 is 24.2 Å². The number of carboxylic acid groups (broad SMARTS) is 1. The molecular formula is C32H42N2O5. The number of carboxylic acids is 1. The van der Waals surface area contributed by atoms with Gasteiger partial charge in [-0.05, 0) is 67.1 Å². The Labute approximate surface area is 231 Å². The van der Waals surface area contributed by atoms with E-state index in [9.17, 15) is 14.7 Å². The summed E-state index contributed by atoms with van der Waals surface area (Å²) in [5.41, 5.74) is 3.20. The molecule has 1 aliphatic heterocycles. The number of likely N-dealkylation sites (tertiary alicyclic amines) is 1. The van der Waals surface area contributed by atoms with E-state index in [2.05, 4.69) is 23.5 Å². The third-order valence-electron chi connectivity index (χ3n) is 9.07. The van der Waals surface area contributed by atoms with E-state index in [0.717, 1.165) is 22.8 Å². The van der Waals surface area contributed by atoms with Gasteiger partial charge in [-0.15, -0.1) is 0 Å². The van der Waals surface area contributed by atoms with E-state index in [0.29, 0.717) is 12.0 Å². The van der Waals surface area contributed by atoms with Gasteiger partial charge >= 0.3 is 12.1 Å². The van der Waals surface area contributed by atoms with Gasteiger partial charge in [-0.2, -0.15) is 0 Å². The van der Waals surface area contributed by atoms with Gasteiger partial charge < -0.3 is 19.9 Å². The van der Waals surface area contributed by atoms with E-state index in [1.54, 1.807) is 21.0 Å². The van der Waals surface area contributed by atoms with Crippen molar-refractivity contribution in [1.29, 1.82) is 0 Å². The number of amides is 1. The maximum Gasteiger partial charge on any atom is 0.411 e. The summed E-state index contributed by atoms with van der Waals surface area (Å²) >= 11 is 0. The third-order valence-corrected chi connectivity index (χ3v) is 9.07. The second kappa shape index (κ2) is 10.2. The Bertz CT molecular complexity index is 1200. The summed E-state index contributed by atoms with van der Waals surface area (Å²) in [5.74, 6) is 0.289. The van der Waals surface area contributed by atoms with Crippen LogP contribution in [-0.2, 0) is 21.5 Å². The maximum atomic E-state index is 13.5. The molecule has 39 heavy (non-hydrogen) atoms. The summed E-state index contributed by atoms with van der Waals surface area (Å²) in [6, 6.07) is 14.3. The van der Waals surface area contributed by atoms with Crippen LogP contribution in [0.1, 0.15) is 76.6 Å². The fourth-order valence-corrected chi connectivity index (χ4v) is 7.25. The number of benzene rings is 2. The molecule has 3 aliphatic carbocycles. The first-order valence-corrected chi connectivity index (χ1v) is 14.1. The van der Waals surface area contributed by atoms with Crippen LogP contribution < -0.4 is 10.1 Å². The molecule has 7 heteroatoms. The number of nitrogens with one attached hydrogen (secondary N) is 1. The predicted octanol–water partition coefficient (Wildman–Crippen LogP) is 5.92. The highest BCUT2D eigenvalue weighted by Gasteiger charge is 2.59. The molecule has 0 unspecified atom stereocenters. The zero-order chi connectivity index (χ0) is 28.1. The number of carbonyl (C=O) groups is 2. The van der Waals surface area contributed by atoms with Crippen molar-refractivity contribution in [3.8, 4) is 5.75 Å². The number of ether oxygens (including phenoxy) is 2. The van der Waals surface area contributed by atoms with Crippen LogP contribution in [0.2, 0.25) is 0 Å². The van der Waals surface area contributed by atoms with E-state index >= 15 is 0 Å². The molecule has 0 spiro atoms. The van der Waals surface area contributed by atoms with Crippen LogP contribution in [0.15, 0.2) is 48.5 Å². The fourth-order valence-electron chi connectivity index (χ4n) is 7.25. The Balaban J connectivity index is 1.54.